The van der Waals surface area contributed by atoms with Gasteiger partial charge in [0.1, 0.15) is 22.8 Å². The number of ketones is 2. The van der Waals surface area contributed by atoms with Crippen LogP contribution >= 0.6 is 0 Å². The molecule has 3 aliphatic carbocycles. The van der Waals surface area contributed by atoms with E-state index in [0.717, 1.165) is 0 Å². The molecule has 11 nitrogen and oxygen atoms in total. The number of aliphatic hydroxyl groups excluding tert-OH is 3. The highest BCUT2D eigenvalue weighted by molar-refractivity contribution is 6.25. The van der Waals surface area contributed by atoms with E-state index in [0.29, 0.717) is 0 Å². The highest BCUT2D eigenvalue weighted by Crippen LogP contribution is 2.61. The zero-order valence-corrected chi connectivity index (χ0v) is 18.9. The van der Waals surface area contributed by atoms with Gasteiger partial charge >= 0.3 is 0 Å². The number of carbonyl (C=O) groups excluding carboxylic acids is 3. The van der Waals surface area contributed by atoms with Crippen LogP contribution in [0.25, 0.3) is 5.76 Å². The van der Waals surface area contributed by atoms with Gasteiger partial charge in [-0.15, -0.1) is 0 Å². The molecular formula is C23H26N2O9. The van der Waals surface area contributed by atoms with Crippen molar-refractivity contribution in [2.45, 2.75) is 37.2 Å². The van der Waals surface area contributed by atoms with Crippen LogP contribution in [-0.4, -0.2) is 84.9 Å². The largest absolute Gasteiger partial charge is 0.508 e. The third-order valence-electron chi connectivity index (χ3n) is 7.68. The van der Waals surface area contributed by atoms with Gasteiger partial charge in [-0.05, 0) is 32.6 Å². The third-order valence-corrected chi connectivity index (χ3v) is 7.68. The third kappa shape index (κ3) is 2.41. The van der Waals surface area contributed by atoms with Crippen LogP contribution in [-0.2, 0) is 20.0 Å². The molecule has 11 heteroatoms. The van der Waals surface area contributed by atoms with Crippen LogP contribution < -0.4 is 5.73 Å². The van der Waals surface area contributed by atoms with E-state index in [1.54, 1.807) is 0 Å². The molecule has 0 bridgehead atoms. The number of primary amides is 1. The van der Waals surface area contributed by atoms with Crippen LogP contribution in [0.5, 0.6) is 5.75 Å². The van der Waals surface area contributed by atoms with Gasteiger partial charge in [0.25, 0.3) is 5.91 Å². The van der Waals surface area contributed by atoms with E-state index in [1.807, 2.05) is 0 Å². The number of hydrogen-bond acceptors (Lipinski definition) is 10. The Labute approximate surface area is 194 Å². The van der Waals surface area contributed by atoms with Gasteiger partial charge in [0.15, 0.2) is 11.4 Å². The normalized spacial score (nSPS) is 37.5. The minimum atomic E-state index is -3.09. The van der Waals surface area contributed by atoms with E-state index < -0.39 is 80.6 Å². The molecule has 1 aromatic rings. The summed E-state index contributed by atoms with van der Waals surface area (Å²) in [4.78, 5) is 40.5. The summed E-state index contributed by atoms with van der Waals surface area (Å²) in [7, 11) is 2.81. The molecule has 0 heterocycles. The van der Waals surface area contributed by atoms with E-state index in [1.165, 1.54) is 51.0 Å². The number of aliphatic hydroxyl groups is 5. The summed E-state index contributed by atoms with van der Waals surface area (Å²) in [5.41, 5.74) is -4.05. The van der Waals surface area contributed by atoms with E-state index in [2.05, 4.69) is 0 Å². The molecule has 0 aliphatic heterocycles. The molecule has 4 rings (SSSR count). The van der Waals surface area contributed by atoms with Crippen molar-refractivity contribution in [3.8, 4) is 5.75 Å². The van der Waals surface area contributed by atoms with Crippen molar-refractivity contribution in [3.63, 3.8) is 0 Å². The van der Waals surface area contributed by atoms with Crippen LogP contribution in [0.3, 0.4) is 0 Å². The number of nitrogens with zero attached hydrogens (tertiary/aromatic N) is 1. The molecule has 3 aliphatic rings. The van der Waals surface area contributed by atoms with Crippen molar-refractivity contribution in [1.82, 2.24) is 4.90 Å². The molecule has 34 heavy (non-hydrogen) atoms. The standard InChI is InChI=1S/C23H26N2O9/c1-21-16(25(3)4)15(28)12(20(24)32)18(30)23(21,34)17(29)11-13(19(21)31)22(2,33)8-6-5-7-9(26)10(8)14(11)27/h5-7,13,16,19,26-27,30-31,33-34H,1-4H3,(H2,24,32)/t13-,16-,19+,21-,22-,23+/m1/s1. The first-order valence-electron chi connectivity index (χ1n) is 10.5. The number of amides is 1. The van der Waals surface area contributed by atoms with Gasteiger partial charge in [0.05, 0.1) is 40.2 Å². The topological polar surface area (TPSA) is 202 Å². The second-order valence-electron chi connectivity index (χ2n) is 9.67. The van der Waals surface area contributed by atoms with Crippen molar-refractivity contribution < 1.29 is 45.0 Å². The Balaban J connectivity index is 2.16. The van der Waals surface area contributed by atoms with Gasteiger partial charge in [0.2, 0.25) is 5.78 Å². The minimum absolute atomic E-state index is 0.000711. The van der Waals surface area contributed by atoms with Gasteiger partial charge in [-0.25, -0.2) is 0 Å². The number of rotatable bonds is 2. The number of hydrogen-bond donors (Lipinski definition) is 7. The smallest absolute Gasteiger partial charge is 0.255 e. The Hall–Kier alpha value is -3.25. The SMILES string of the molecule is CN(C)[C@@H]1C(=O)C(C(N)=O)=C(O)[C@@]2(O)C(=O)C3=C(O)c4c(O)cccc4[C@@](C)(O)[C@H]3[C@H](O)[C@@]12C. The summed E-state index contributed by atoms with van der Waals surface area (Å²) in [6.07, 6.45) is -1.93. The lowest BCUT2D eigenvalue weighted by molar-refractivity contribution is -0.213. The highest BCUT2D eigenvalue weighted by atomic mass is 16.4. The molecule has 0 radical (unpaired) electrons. The molecule has 182 valence electrons. The Morgan fingerprint density at radius 3 is 2.21 bits per heavy atom. The van der Waals surface area contributed by atoms with Crippen LogP contribution in [0.1, 0.15) is 25.0 Å². The van der Waals surface area contributed by atoms with Crippen molar-refractivity contribution in [2.24, 2.45) is 17.1 Å². The van der Waals surface area contributed by atoms with Crippen LogP contribution in [0.4, 0.5) is 0 Å². The fraction of sp³-hybridized carbons (Fsp3) is 0.435. The first kappa shape index (κ1) is 23.9. The van der Waals surface area contributed by atoms with E-state index >= 15 is 0 Å². The maximum Gasteiger partial charge on any atom is 0.255 e. The highest BCUT2D eigenvalue weighted by Gasteiger charge is 2.76. The Morgan fingerprint density at radius 1 is 1.09 bits per heavy atom. The first-order chi connectivity index (χ1) is 15.6. The number of phenols is 1. The van der Waals surface area contributed by atoms with Crippen molar-refractivity contribution in [1.29, 1.82) is 0 Å². The lowest BCUT2D eigenvalue weighted by atomic mass is 9.46. The second-order valence-corrected chi connectivity index (χ2v) is 9.67. The van der Waals surface area contributed by atoms with Gasteiger partial charge in [-0.3, -0.25) is 19.3 Å². The van der Waals surface area contributed by atoms with E-state index in [9.17, 15) is 45.0 Å². The monoisotopic (exact) mass is 474 g/mol. The zero-order valence-electron chi connectivity index (χ0n) is 18.9. The zero-order chi connectivity index (χ0) is 25.7. The molecule has 1 aromatic carbocycles. The predicted molar refractivity (Wildman–Crippen MR) is 116 cm³/mol. The van der Waals surface area contributed by atoms with Crippen molar-refractivity contribution >= 4 is 23.2 Å². The summed E-state index contributed by atoms with van der Waals surface area (Å²) in [6, 6.07) is 2.45. The number of phenolic OH excluding ortho intramolecular Hbond substituents is 1. The molecule has 1 fully saturated rings. The van der Waals surface area contributed by atoms with Crippen LogP contribution in [0, 0.1) is 11.3 Å². The summed E-state index contributed by atoms with van der Waals surface area (Å²) in [5, 5.41) is 67.3. The first-order valence-corrected chi connectivity index (χ1v) is 10.5. The van der Waals surface area contributed by atoms with Gasteiger partial charge in [-0.2, -0.15) is 0 Å². The van der Waals surface area contributed by atoms with E-state index in [-0.39, 0.29) is 11.1 Å². The molecule has 8 N–H and O–H groups in total. The van der Waals surface area contributed by atoms with Gasteiger partial charge in [-0.1, -0.05) is 19.1 Å². The maximum absolute atomic E-state index is 13.9. The molecule has 6 atom stereocenters. The van der Waals surface area contributed by atoms with Crippen LogP contribution in [0.15, 0.2) is 35.1 Å². The van der Waals surface area contributed by atoms with Crippen molar-refractivity contribution in [2.75, 3.05) is 14.1 Å². The summed E-state index contributed by atoms with van der Waals surface area (Å²) in [6.45, 7) is 2.43. The maximum atomic E-state index is 13.9. The fourth-order valence-corrected chi connectivity index (χ4v) is 6.09. The quantitative estimate of drug-likeness (QED) is 0.260. The average molecular weight is 474 g/mol. The fourth-order valence-electron chi connectivity index (χ4n) is 6.09. The number of fused-ring (bicyclic) bond motifs is 3. The second kappa shape index (κ2) is 6.89. The molecule has 1 saturated carbocycles. The molecule has 0 unspecified atom stereocenters. The van der Waals surface area contributed by atoms with E-state index in [4.69, 9.17) is 5.73 Å². The van der Waals surface area contributed by atoms with Crippen molar-refractivity contribution in [3.05, 3.63) is 46.2 Å². The van der Waals surface area contributed by atoms with Gasteiger partial charge < -0.3 is 36.4 Å². The Kier molecular flexibility index (Phi) is 4.84. The molecule has 1 amide bonds. The molecular weight excluding hydrogens is 448 g/mol. The lowest BCUT2D eigenvalue weighted by Crippen LogP contribution is -2.77. The van der Waals surface area contributed by atoms with Gasteiger partial charge in [0, 0.05) is 0 Å². The molecule has 0 aromatic heterocycles. The minimum Gasteiger partial charge on any atom is -0.508 e. The number of Topliss-reactive ketones (excluding diaryl/α,β-unsaturated/α-hetero) is 2. The Morgan fingerprint density at radius 2 is 1.68 bits per heavy atom. The number of aromatic hydroxyl groups is 1. The number of benzene rings is 1. The Bertz CT molecular complexity index is 1230. The predicted octanol–water partition coefficient (Wildman–Crippen LogP) is -1.01. The number of nitrogens with two attached hydrogens (primary N) is 1. The lowest BCUT2D eigenvalue weighted by Gasteiger charge is -2.61. The number of carbonyl (C=O) groups is 3. The average Bonchev–Trinajstić information content (AvgIpc) is 2.72. The summed E-state index contributed by atoms with van der Waals surface area (Å²) in [5.74, 6) is -8.02. The summed E-state index contributed by atoms with van der Waals surface area (Å²) < 4.78 is 0. The molecule has 0 spiro atoms. The van der Waals surface area contributed by atoms with Crippen LogP contribution in [0.2, 0.25) is 0 Å². The number of likely N-dealkylation sites (N-methyl/N-ethyl adjacent to an activating group) is 1. The molecule has 0 saturated heterocycles. The summed E-state index contributed by atoms with van der Waals surface area (Å²) >= 11 is 0.